The van der Waals surface area contributed by atoms with Gasteiger partial charge in [0.2, 0.25) is 5.89 Å². The second-order valence-corrected chi connectivity index (χ2v) is 9.70. The number of fused-ring (bicyclic) bond motifs is 1. The normalized spacial score (nSPS) is 14.2. The molecular weight excluding hydrogens is 551 g/mol. The molecule has 0 radical (unpaired) electrons. The summed E-state index contributed by atoms with van der Waals surface area (Å²) < 4.78 is 65.4. The number of halogens is 3. The number of alkyl halides is 3. The number of oxazole rings is 1. The van der Waals surface area contributed by atoms with Crippen LogP contribution in [0.1, 0.15) is 37.8 Å². The van der Waals surface area contributed by atoms with E-state index in [2.05, 4.69) is 15.0 Å². The third kappa shape index (κ3) is 9.23. The zero-order valence-electron chi connectivity index (χ0n) is 24.0. The monoisotopic (exact) mass is 585 g/mol. The summed E-state index contributed by atoms with van der Waals surface area (Å²) in [5.41, 5.74) is 3.75. The summed E-state index contributed by atoms with van der Waals surface area (Å²) in [6.07, 6.45) is -2.90. The number of para-hydroxylation sites is 1. The van der Waals surface area contributed by atoms with Crippen LogP contribution in [0.4, 0.5) is 18.9 Å². The smallest absolute Gasteiger partial charge is 0.465 e. The van der Waals surface area contributed by atoms with Crippen molar-refractivity contribution in [3.63, 3.8) is 0 Å². The number of rotatable bonds is 13. The quantitative estimate of drug-likeness (QED) is 0.165. The fourth-order valence-corrected chi connectivity index (χ4v) is 4.10. The Morgan fingerprint density at radius 2 is 1.67 bits per heavy atom. The number of hydrogen-bond donors (Lipinski definition) is 1. The van der Waals surface area contributed by atoms with Gasteiger partial charge in [0.15, 0.2) is 18.2 Å². The minimum Gasteiger partial charge on any atom is -0.465 e. The molecule has 3 atom stereocenters. The second kappa shape index (κ2) is 13.7. The first-order valence-electron chi connectivity index (χ1n) is 13.4. The fraction of sp³-hybridized carbons (Fsp3) is 0.323. The Morgan fingerprint density at radius 1 is 0.929 bits per heavy atom. The lowest BCUT2D eigenvalue weighted by Gasteiger charge is -2.24. The third-order valence-corrected chi connectivity index (χ3v) is 6.06. The molecule has 1 heterocycles. The van der Waals surface area contributed by atoms with E-state index in [1.807, 2.05) is 55.4 Å². The maximum Gasteiger partial charge on any atom is 0.573 e. The van der Waals surface area contributed by atoms with Gasteiger partial charge in [-0.15, -0.1) is 13.2 Å². The van der Waals surface area contributed by atoms with E-state index in [-0.39, 0.29) is 12.3 Å². The Labute approximate surface area is 242 Å². The van der Waals surface area contributed by atoms with Crippen molar-refractivity contribution >= 4 is 28.9 Å². The molecule has 0 aliphatic rings. The number of anilines is 1. The van der Waals surface area contributed by atoms with Crippen LogP contribution in [0.2, 0.25) is 0 Å². The van der Waals surface area contributed by atoms with Crippen molar-refractivity contribution in [1.29, 1.82) is 0 Å². The van der Waals surface area contributed by atoms with E-state index in [0.717, 1.165) is 11.3 Å². The van der Waals surface area contributed by atoms with Crippen LogP contribution in [-0.2, 0) is 16.0 Å². The maximum atomic E-state index is 12.7. The summed E-state index contributed by atoms with van der Waals surface area (Å²) in [5, 5.41) is 3.01. The highest BCUT2D eigenvalue weighted by atomic mass is 19.4. The Hall–Kier alpha value is -4.06. The summed E-state index contributed by atoms with van der Waals surface area (Å²) >= 11 is 0. The molecule has 0 aliphatic carbocycles. The van der Waals surface area contributed by atoms with Gasteiger partial charge in [-0.3, -0.25) is 5.32 Å². The maximum absolute atomic E-state index is 12.7. The molecule has 0 amide bonds. The highest BCUT2D eigenvalue weighted by molar-refractivity contribution is 5.77. The van der Waals surface area contributed by atoms with Gasteiger partial charge in [0.1, 0.15) is 23.2 Å². The minimum atomic E-state index is -4.77. The van der Waals surface area contributed by atoms with Crippen LogP contribution in [0.15, 0.2) is 71.1 Å². The topological polar surface area (TPSA) is 78.2 Å². The van der Waals surface area contributed by atoms with Crippen molar-refractivity contribution in [2.45, 2.75) is 52.5 Å². The van der Waals surface area contributed by atoms with Gasteiger partial charge in [-0.25, -0.2) is 4.98 Å². The van der Waals surface area contributed by atoms with Crippen LogP contribution in [0.25, 0.3) is 23.3 Å². The van der Waals surface area contributed by atoms with E-state index in [4.69, 9.17) is 18.6 Å². The van der Waals surface area contributed by atoms with Gasteiger partial charge in [0, 0.05) is 44.0 Å². The average molecular weight is 586 g/mol. The second-order valence-electron chi connectivity index (χ2n) is 9.70. The van der Waals surface area contributed by atoms with Crippen molar-refractivity contribution < 1.29 is 36.5 Å². The standard InChI is InChI=1S/C31H34F3N3O5/c1-20(35-19-24-8-6-7-9-28(24)42-31(32,33)34)38-21(2)39-22(3)40-26-15-16-27-29(18-26)41-30(36-27)17-12-23-10-13-25(14-11-23)37(4)5/h6-18,20-22,35H,19H2,1-5H3/b17-12+. The number of ether oxygens (including phenoxy) is 4. The van der Waals surface area contributed by atoms with E-state index in [9.17, 15) is 13.2 Å². The molecule has 3 unspecified atom stereocenters. The van der Waals surface area contributed by atoms with Crippen LogP contribution in [0.3, 0.4) is 0 Å². The number of aromatic nitrogens is 1. The molecule has 11 heteroatoms. The van der Waals surface area contributed by atoms with E-state index < -0.39 is 25.2 Å². The van der Waals surface area contributed by atoms with E-state index in [1.54, 1.807) is 51.1 Å². The molecule has 0 aliphatic heterocycles. The summed E-state index contributed by atoms with van der Waals surface area (Å²) in [5.74, 6) is 0.734. The van der Waals surface area contributed by atoms with Crippen LogP contribution in [0, 0.1) is 0 Å². The van der Waals surface area contributed by atoms with Gasteiger partial charge in [0.05, 0.1) is 0 Å². The first-order valence-corrected chi connectivity index (χ1v) is 13.4. The van der Waals surface area contributed by atoms with Crippen molar-refractivity contribution in [2.24, 2.45) is 0 Å². The van der Waals surface area contributed by atoms with Crippen molar-refractivity contribution in [2.75, 3.05) is 19.0 Å². The summed E-state index contributed by atoms with van der Waals surface area (Å²) in [7, 11) is 3.99. The molecule has 0 saturated heterocycles. The van der Waals surface area contributed by atoms with Gasteiger partial charge in [-0.1, -0.05) is 30.3 Å². The molecule has 4 aromatic rings. The zero-order chi connectivity index (χ0) is 30.3. The van der Waals surface area contributed by atoms with Crippen LogP contribution in [0.5, 0.6) is 11.5 Å². The minimum absolute atomic E-state index is 0.100. The highest BCUT2D eigenvalue weighted by Crippen LogP contribution is 2.27. The molecule has 0 saturated carbocycles. The molecule has 8 nitrogen and oxygen atoms in total. The first-order chi connectivity index (χ1) is 19.9. The predicted octanol–water partition coefficient (Wildman–Crippen LogP) is 7.20. The molecule has 3 aromatic carbocycles. The van der Waals surface area contributed by atoms with E-state index >= 15 is 0 Å². The Morgan fingerprint density at radius 3 is 2.38 bits per heavy atom. The molecule has 4 rings (SSSR count). The lowest BCUT2D eigenvalue weighted by atomic mass is 10.2. The van der Waals surface area contributed by atoms with Crippen LogP contribution < -0.4 is 19.7 Å². The fourth-order valence-electron chi connectivity index (χ4n) is 4.10. The summed E-state index contributed by atoms with van der Waals surface area (Å²) in [6, 6.07) is 19.4. The molecular formula is C31H34F3N3O5. The number of nitrogens with one attached hydrogen (secondary N) is 1. The number of nitrogens with zero attached hydrogens (tertiary/aromatic N) is 2. The molecule has 42 heavy (non-hydrogen) atoms. The van der Waals surface area contributed by atoms with Gasteiger partial charge in [-0.2, -0.15) is 0 Å². The first kappa shape index (κ1) is 30.9. The van der Waals surface area contributed by atoms with Crippen molar-refractivity contribution in [1.82, 2.24) is 10.3 Å². The molecule has 224 valence electrons. The Balaban J connectivity index is 1.26. The number of hydrogen-bond acceptors (Lipinski definition) is 8. The highest BCUT2D eigenvalue weighted by Gasteiger charge is 2.32. The van der Waals surface area contributed by atoms with Gasteiger partial charge in [-0.05, 0) is 62.7 Å². The Kier molecular flexibility index (Phi) is 10.1. The third-order valence-electron chi connectivity index (χ3n) is 6.06. The summed E-state index contributed by atoms with van der Waals surface area (Å²) in [4.78, 5) is 6.54. The Bertz CT molecular complexity index is 1470. The lowest BCUT2D eigenvalue weighted by Crippen LogP contribution is -2.34. The van der Waals surface area contributed by atoms with E-state index in [0.29, 0.717) is 28.3 Å². The predicted molar refractivity (Wildman–Crippen MR) is 155 cm³/mol. The van der Waals surface area contributed by atoms with Crippen LogP contribution in [-0.4, -0.2) is 44.2 Å². The van der Waals surface area contributed by atoms with Gasteiger partial charge in [0.25, 0.3) is 0 Å². The molecule has 1 N–H and O–H groups in total. The average Bonchev–Trinajstić information content (AvgIpc) is 3.33. The van der Waals surface area contributed by atoms with Gasteiger partial charge >= 0.3 is 6.36 Å². The SMILES string of the molecule is CC(NCc1ccccc1OC(F)(F)F)OC(C)OC(C)Oc1ccc2nc(/C=C/c3ccc(N(C)C)cc3)oc2c1. The molecule has 0 spiro atoms. The number of benzene rings is 3. The van der Waals surface area contributed by atoms with Crippen molar-refractivity contribution in [3.05, 3.63) is 83.7 Å². The molecule has 0 bridgehead atoms. The van der Waals surface area contributed by atoms with E-state index in [1.165, 1.54) is 12.1 Å². The van der Waals surface area contributed by atoms with Gasteiger partial charge < -0.3 is 28.3 Å². The zero-order valence-corrected chi connectivity index (χ0v) is 24.0. The lowest BCUT2D eigenvalue weighted by molar-refractivity contribution is -0.274. The van der Waals surface area contributed by atoms with Crippen molar-refractivity contribution in [3.8, 4) is 11.5 Å². The largest absolute Gasteiger partial charge is 0.573 e. The summed E-state index contributed by atoms with van der Waals surface area (Å²) in [6.45, 7) is 5.25. The van der Waals surface area contributed by atoms with Crippen LogP contribution >= 0.6 is 0 Å². The molecule has 1 aromatic heterocycles. The molecule has 0 fully saturated rings.